The first-order valence-corrected chi connectivity index (χ1v) is 6.64. The number of thiophene rings is 1. The van der Waals surface area contributed by atoms with Gasteiger partial charge >= 0.3 is 5.97 Å². The van der Waals surface area contributed by atoms with Crippen LogP contribution in [0.4, 0.5) is 5.95 Å². The molecule has 1 N–H and O–H groups in total. The van der Waals surface area contributed by atoms with Gasteiger partial charge in [-0.1, -0.05) is 0 Å². The molecule has 0 aromatic carbocycles. The van der Waals surface area contributed by atoms with Gasteiger partial charge in [-0.3, -0.25) is 0 Å². The van der Waals surface area contributed by atoms with Gasteiger partial charge in [-0.25, -0.2) is 9.48 Å². The third kappa shape index (κ3) is 1.82. The summed E-state index contributed by atoms with van der Waals surface area (Å²) < 4.78 is 6.58. The van der Waals surface area contributed by atoms with Crippen LogP contribution in [0.5, 0.6) is 0 Å². The Bertz CT molecular complexity index is 644. The van der Waals surface area contributed by atoms with Crippen LogP contribution >= 0.6 is 11.3 Å². The first kappa shape index (κ1) is 11.9. The summed E-state index contributed by atoms with van der Waals surface area (Å²) in [7, 11) is 1.38. The predicted molar refractivity (Wildman–Crippen MR) is 70.8 cm³/mol. The van der Waals surface area contributed by atoms with Crippen LogP contribution in [0.15, 0.2) is 34.4 Å². The van der Waals surface area contributed by atoms with Gasteiger partial charge < -0.3 is 10.1 Å². The Morgan fingerprint density at radius 2 is 2.42 bits per heavy atom. The molecular formula is C12H12N4O2S. The van der Waals surface area contributed by atoms with Gasteiger partial charge in [0.1, 0.15) is 12.4 Å². The molecule has 6 nitrogen and oxygen atoms in total. The molecule has 7 heteroatoms. The summed E-state index contributed by atoms with van der Waals surface area (Å²) in [5.41, 5.74) is 2.29. The molecule has 0 amide bonds. The number of methoxy groups -OCH3 is 1. The van der Waals surface area contributed by atoms with Crippen molar-refractivity contribution in [1.82, 2.24) is 14.8 Å². The van der Waals surface area contributed by atoms with Crippen LogP contribution in [0.25, 0.3) is 0 Å². The average Bonchev–Trinajstić information content (AvgIpc) is 3.06. The molecule has 0 radical (unpaired) electrons. The monoisotopic (exact) mass is 276 g/mol. The molecule has 3 rings (SSSR count). The molecular weight excluding hydrogens is 264 g/mol. The van der Waals surface area contributed by atoms with E-state index < -0.39 is 0 Å². The Morgan fingerprint density at radius 3 is 3.11 bits per heavy atom. The zero-order valence-corrected chi connectivity index (χ0v) is 11.3. The summed E-state index contributed by atoms with van der Waals surface area (Å²) in [5, 5.41) is 11.2. The Morgan fingerprint density at radius 1 is 1.58 bits per heavy atom. The van der Waals surface area contributed by atoms with E-state index in [1.165, 1.54) is 13.4 Å². The molecule has 1 aliphatic rings. The molecule has 19 heavy (non-hydrogen) atoms. The third-order valence-corrected chi connectivity index (χ3v) is 3.76. The number of fused-ring (bicyclic) bond motifs is 1. The van der Waals surface area contributed by atoms with E-state index in [2.05, 4.69) is 15.4 Å². The summed E-state index contributed by atoms with van der Waals surface area (Å²) in [5.74, 6) is 0.267. The van der Waals surface area contributed by atoms with E-state index in [-0.39, 0.29) is 12.0 Å². The highest BCUT2D eigenvalue weighted by atomic mass is 32.1. The maximum atomic E-state index is 12.0. The minimum Gasteiger partial charge on any atom is -0.466 e. The van der Waals surface area contributed by atoms with Crippen LogP contribution in [0.1, 0.15) is 18.5 Å². The van der Waals surface area contributed by atoms with E-state index in [1.807, 2.05) is 23.8 Å². The molecule has 2 aromatic rings. The Labute approximate surface area is 113 Å². The summed E-state index contributed by atoms with van der Waals surface area (Å²) in [6, 6.07) is 1.68. The molecule has 0 fully saturated rings. The Kier molecular flexibility index (Phi) is 2.83. The van der Waals surface area contributed by atoms with Gasteiger partial charge in [0.25, 0.3) is 0 Å². The average molecular weight is 276 g/mol. The van der Waals surface area contributed by atoms with E-state index in [0.29, 0.717) is 11.5 Å². The first-order chi connectivity index (χ1) is 9.22. The van der Waals surface area contributed by atoms with Crippen LogP contribution < -0.4 is 5.32 Å². The second kappa shape index (κ2) is 4.51. The number of allylic oxidation sites excluding steroid dienone is 1. The lowest BCUT2D eigenvalue weighted by Crippen LogP contribution is -2.29. The minimum atomic E-state index is -0.359. The van der Waals surface area contributed by atoms with E-state index in [0.717, 1.165) is 11.3 Å². The number of rotatable bonds is 2. The summed E-state index contributed by atoms with van der Waals surface area (Å²) in [4.78, 5) is 16.2. The molecule has 98 valence electrons. The van der Waals surface area contributed by atoms with Crippen molar-refractivity contribution in [1.29, 1.82) is 0 Å². The van der Waals surface area contributed by atoms with Crippen molar-refractivity contribution in [2.45, 2.75) is 13.0 Å². The fourth-order valence-electron chi connectivity index (χ4n) is 2.20. The SMILES string of the molecule is COC(=O)C1=C(C)Nc2ncnn2C1c1ccsc1. The molecule has 2 aromatic heterocycles. The number of carbonyl (C=O) groups is 1. The molecule has 1 atom stereocenters. The Balaban J connectivity index is 2.18. The van der Waals surface area contributed by atoms with Gasteiger partial charge in [-0.05, 0) is 29.3 Å². The molecule has 1 unspecified atom stereocenters. The predicted octanol–water partition coefficient (Wildman–Crippen LogP) is 1.80. The van der Waals surface area contributed by atoms with E-state index >= 15 is 0 Å². The molecule has 0 saturated carbocycles. The lowest BCUT2D eigenvalue weighted by Gasteiger charge is -2.27. The number of nitrogens with one attached hydrogen (secondary N) is 1. The number of aromatic nitrogens is 3. The maximum absolute atomic E-state index is 12.0. The second-order valence-corrected chi connectivity index (χ2v) is 4.92. The highest BCUT2D eigenvalue weighted by Crippen LogP contribution is 2.35. The quantitative estimate of drug-likeness (QED) is 0.847. The number of carbonyl (C=O) groups excluding carboxylic acids is 1. The summed E-state index contributed by atoms with van der Waals surface area (Å²) in [6.07, 6.45) is 1.47. The van der Waals surface area contributed by atoms with Crippen LogP contribution in [0.3, 0.4) is 0 Å². The van der Waals surface area contributed by atoms with Gasteiger partial charge in [-0.2, -0.15) is 21.4 Å². The van der Waals surface area contributed by atoms with Crippen LogP contribution in [-0.4, -0.2) is 27.8 Å². The molecule has 0 saturated heterocycles. The smallest absolute Gasteiger partial charge is 0.338 e. The molecule has 1 aliphatic heterocycles. The summed E-state index contributed by atoms with van der Waals surface area (Å²) in [6.45, 7) is 1.84. The highest BCUT2D eigenvalue weighted by molar-refractivity contribution is 7.08. The summed E-state index contributed by atoms with van der Waals surface area (Å²) >= 11 is 1.58. The topological polar surface area (TPSA) is 69.0 Å². The molecule has 0 bridgehead atoms. The zero-order valence-electron chi connectivity index (χ0n) is 10.5. The Hall–Kier alpha value is -2.15. The van der Waals surface area contributed by atoms with E-state index in [4.69, 9.17) is 4.74 Å². The lowest BCUT2D eigenvalue weighted by molar-refractivity contribution is -0.136. The molecule has 0 spiro atoms. The third-order valence-electron chi connectivity index (χ3n) is 3.06. The van der Waals surface area contributed by atoms with Gasteiger partial charge in [0.2, 0.25) is 5.95 Å². The second-order valence-electron chi connectivity index (χ2n) is 4.14. The normalized spacial score (nSPS) is 17.9. The fraction of sp³-hybridized carbons (Fsp3) is 0.250. The molecule has 3 heterocycles. The number of hydrogen-bond acceptors (Lipinski definition) is 6. The number of esters is 1. The number of anilines is 1. The van der Waals surface area contributed by atoms with Gasteiger partial charge in [0, 0.05) is 5.70 Å². The van der Waals surface area contributed by atoms with Crippen LogP contribution in [-0.2, 0) is 9.53 Å². The first-order valence-electron chi connectivity index (χ1n) is 5.70. The fourth-order valence-corrected chi connectivity index (χ4v) is 2.88. The van der Waals surface area contributed by atoms with Crippen molar-refractivity contribution in [3.8, 4) is 0 Å². The van der Waals surface area contributed by atoms with E-state index in [1.54, 1.807) is 16.0 Å². The van der Waals surface area contributed by atoms with Gasteiger partial charge in [-0.15, -0.1) is 0 Å². The minimum absolute atomic E-state index is 0.294. The van der Waals surface area contributed by atoms with Crippen molar-refractivity contribution in [2.75, 3.05) is 12.4 Å². The number of hydrogen-bond donors (Lipinski definition) is 1. The molecule has 0 aliphatic carbocycles. The van der Waals surface area contributed by atoms with Crippen molar-refractivity contribution in [2.24, 2.45) is 0 Å². The largest absolute Gasteiger partial charge is 0.466 e. The maximum Gasteiger partial charge on any atom is 0.338 e. The standard InChI is InChI=1S/C12H12N4O2S/c1-7-9(11(17)18-2)10(8-3-4-19-5-8)16-12(15-7)13-6-14-16/h3-6,10H,1-2H3,(H,13,14,15). The van der Waals surface area contributed by atoms with Crippen LogP contribution in [0, 0.1) is 0 Å². The van der Waals surface area contributed by atoms with Gasteiger partial charge in [0.15, 0.2) is 0 Å². The van der Waals surface area contributed by atoms with Crippen LogP contribution in [0.2, 0.25) is 0 Å². The lowest BCUT2D eigenvalue weighted by atomic mass is 9.98. The zero-order chi connectivity index (χ0) is 13.4. The van der Waals surface area contributed by atoms with Gasteiger partial charge in [0.05, 0.1) is 12.7 Å². The highest BCUT2D eigenvalue weighted by Gasteiger charge is 2.33. The van der Waals surface area contributed by atoms with Crippen molar-refractivity contribution >= 4 is 23.3 Å². The van der Waals surface area contributed by atoms with Crippen molar-refractivity contribution in [3.63, 3.8) is 0 Å². The number of nitrogens with zero attached hydrogens (tertiary/aromatic N) is 3. The van der Waals surface area contributed by atoms with Crippen molar-refractivity contribution < 1.29 is 9.53 Å². The van der Waals surface area contributed by atoms with Crippen molar-refractivity contribution in [3.05, 3.63) is 40.0 Å². The number of ether oxygens (including phenoxy) is 1. The van der Waals surface area contributed by atoms with E-state index in [9.17, 15) is 4.79 Å².